The number of ether oxygens (including phenoxy) is 1. The van der Waals surface area contributed by atoms with Crippen LogP contribution in [-0.4, -0.2) is 4.98 Å². The van der Waals surface area contributed by atoms with Crippen LogP contribution in [0.5, 0.6) is 11.5 Å². The maximum Gasteiger partial charge on any atom is 0.132 e. The summed E-state index contributed by atoms with van der Waals surface area (Å²) in [4.78, 5) is 5.17. The van der Waals surface area contributed by atoms with Gasteiger partial charge in [-0.05, 0) is 75.8 Å². The minimum Gasteiger partial charge on any atom is -0.457 e. The highest BCUT2D eigenvalue weighted by Gasteiger charge is 2.45. The number of para-hydroxylation sites is 1. The van der Waals surface area contributed by atoms with E-state index in [1.807, 2.05) is 48.5 Å². The highest BCUT2D eigenvalue weighted by molar-refractivity contribution is 5.80. The Morgan fingerprint density at radius 2 is 0.942 bits per heavy atom. The lowest BCUT2D eigenvalue weighted by atomic mass is 9.63. The summed E-state index contributed by atoms with van der Waals surface area (Å²) in [6.07, 6.45) is 0. The first-order valence-corrected chi connectivity index (χ1v) is 17.4. The number of nitriles is 1. The van der Waals surface area contributed by atoms with Crippen LogP contribution in [0.3, 0.4) is 0 Å². The van der Waals surface area contributed by atoms with Crippen LogP contribution in [0.4, 0.5) is 0 Å². The molecular formula is C49H32N2O. The minimum absolute atomic E-state index is 0.559. The Balaban J connectivity index is 1.18. The zero-order valence-corrected chi connectivity index (χ0v) is 28.3. The largest absolute Gasteiger partial charge is 0.457 e. The summed E-state index contributed by atoms with van der Waals surface area (Å²) in [5, 5.41) is 9.38. The second kappa shape index (κ2) is 13.0. The Kier molecular flexibility index (Phi) is 7.76. The molecule has 0 N–H and O–H groups in total. The number of hydrogen-bond donors (Lipinski definition) is 0. The van der Waals surface area contributed by atoms with Gasteiger partial charge in [-0.1, -0.05) is 152 Å². The van der Waals surface area contributed by atoms with Crippen molar-refractivity contribution in [2.24, 2.45) is 0 Å². The Hall–Kier alpha value is -7.02. The average molecular weight is 665 g/mol. The molecule has 8 aromatic rings. The third kappa shape index (κ3) is 5.35. The Bertz CT molecular complexity index is 2550. The van der Waals surface area contributed by atoms with E-state index in [1.165, 1.54) is 11.1 Å². The summed E-state index contributed by atoms with van der Waals surface area (Å²) >= 11 is 0. The fraction of sp³-hybridized carbons (Fsp3) is 0.0204. The highest BCUT2D eigenvalue weighted by Crippen LogP contribution is 2.55. The second-order valence-corrected chi connectivity index (χ2v) is 13.1. The molecule has 0 radical (unpaired) electrons. The fourth-order valence-electron chi connectivity index (χ4n) is 7.59. The van der Waals surface area contributed by atoms with Crippen molar-refractivity contribution < 1.29 is 4.74 Å². The zero-order chi connectivity index (χ0) is 34.9. The molecule has 0 spiro atoms. The van der Waals surface area contributed by atoms with Crippen LogP contribution in [0.25, 0.3) is 44.8 Å². The number of rotatable bonds is 6. The van der Waals surface area contributed by atoms with E-state index in [4.69, 9.17) is 9.72 Å². The molecular weight excluding hydrogens is 633 g/mol. The quantitative estimate of drug-likeness (QED) is 0.178. The van der Waals surface area contributed by atoms with Crippen LogP contribution < -0.4 is 4.74 Å². The third-order valence-electron chi connectivity index (χ3n) is 10.0. The van der Waals surface area contributed by atoms with E-state index in [2.05, 4.69) is 152 Å². The molecule has 0 bridgehead atoms. The van der Waals surface area contributed by atoms with Gasteiger partial charge in [0.25, 0.3) is 0 Å². The number of hydrogen-bond acceptors (Lipinski definition) is 3. The third-order valence-corrected chi connectivity index (χ3v) is 10.0. The van der Waals surface area contributed by atoms with Crippen LogP contribution in [0.1, 0.15) is 27.8 Å². The molecule has 0 saturated carbocycles. The summed E-state index contributed by atoms with van der Waals surface area (Å²) in [6, 6.07) is 69.5. The van der Waals surface area contributed by atoms with Crippen LogP contribution in [0.15, 0.2) is 194 Å². The Morgan fingerprint density at radius 1 is 0.404 bits per heavy atom. The summed E-state index contributed by atoms with van der Waals surface area (Å²) in [5.41, 5.74) is 12.7. The monoisotopic (exact) mass is 664 g/mol. The van der Waals surface area contributed by atoms with Gasteiger partial charge in [-0.15, -0.1) is 0 Å². The molecule has 1 aliphatic heterocycles. The molecule has 3 nitrogen and oxygen atoms in total. The van der Waals surface area contributed by atoms with Crippen LogP contribution >= 0.6 is 0 Å². The van der Waals surface area contributed by atoms with Crippen molar-refractivity contribution in [3.05, 3.63) is 222 Å². The molecule has 9 rings (SSSR count). The molecule has 0 atom stereocenters. The maximum atomic E-state index is 9.38. The average Bonchev–Trinajstić information content (AvgIpc) is 3.23. The SMILES string of the molecule is N#Cc1ccc(-c2cc(-c3ccccc3)nc(-c3cccc(-c4ccc5c(c4)Oc4ccccc4C5(c4ccccc4)c4ccccc4)c3)c2)cc1. The van der Waals surface area contributed by atoms with Gasteiger partial charge in [0.1, 0.15) is 11.5 Å². The molecule has 0 saturated heterocycles. The normalized spacial score (nSPS) is 12.5. The molecule has 2 heterocycles. The lowest BCUT2D eigenvalue weighted by molar-refractivity contribution is 0.435. The van der Waals surface area contributed by atoms with E-state index in [0.717, 1.165) is 67.4 Å². The van der Waals surface area contributed by atoms with E-state index < -0.39 is 5.41 Å². The molecule has 244 valence electrons. The molecule has 1 aromatic heterocycles. The van der Waals surface area contributed by atoms with Gasteiger partial charge < -0.3 is 4.74 Å². The van der Waals surface area contributed by atoms with Gasteiger partial charge in [0.05, 0.1) is 28.4 Å². The summed E-state index contributed by atoms with van der Waals surface area (Å²) in [6.45, 7) is 0. The van der Waals surface area contributed by atoms with Gasteiger partial charge in [-0.25, -0.2) is 4.98 Å². The highest BCUT2D eigenvalue weighted by atomic mass is 16.5. The van der Waals surface area contributed by atoms with Crippen LogP contribution in [-0.2, 0) is 5.41 Å². The van der Waals surface area contributed by atoms with Gasteiger partial charge in [0, 0.05) is 22.3 Å². The Morgan fingerprint density at radius 3 is 1.63 bits per heavy atom. The molecule has 0 aliphatic carbocycles. The number of pyridine rings is 1. The molecule has 7 aromatic carbocycles. The first-order chi connectivity index (χ1) is 25.7. The van der Waals surface area contributed by atoms with Gasteiger partial charge in [-0.2, -0.15) is 5.26 Å². The predicted molar refractivity (Wildman–Crippen MR) is 209 cm³/mol. The van der Waals surface area contributed by atoms with Crippen molar-refractivity contribution in [1.29, 1.82) is 5.26 Å². The minimum atomic E-state index is -0.559. The maximum absolute atomic E-state index is 9.38. The van der Waals surface area contributed by atoms with Crippen molar-refractivity contribution in [2.75, 3.05) is 0 Å². The number of fused-ring (bicyclic) bond motifs is 2. The predicted octanol–water partition coefficient (Wildman–Crippen LogP) is 12.1. The van der Waals surface area contributed by atoms with Gasteiger partial charge in [-0.3, -0.25) is 0 Å². The van der Waals surface area contributed by atoms with Crippen molar-refractivity contribution in [3.63, 3.8) is 0 Å². The molecule has 0 unspecified atom stereocenters. The van der Waals surface area contributed by atoms with E-state index in [1.54, 1.807) is 0 Å². The number of benzene rings is 7. The topological polar surface area (TPSA) is 45.9 Å². The fourth-order valence-corrected chi connectivity index (χ4v) is 7.59. The van der Waals surface area contributed by atoms with E-state index >= 15 is 0 Å². The smallest absolute Gasteiger partial charge is 0.132 e. The summed E-state index contributed by atoms with van der Waals surface area (Å²) < 4.78 is 6.77. The van der Waals surface area contributed by atoms with Crippen molar-refractivity contribution in [2.45, 2.75) is 5.41 Å². The van der Waals surface area contributed by atoms with Crippen molar-refractivity contribution >= 4 is 0 Å². The molecule has 1 aliphatic rings. The lowest BCUT2D eigenvalue weighted by Gasteiger charge is -2.41. The number of aromatic nitrogens is 1. The van der Waals surface area contributed by atoms with Gasteiger partial charge in [0.2, 0.25) is 0 Å². The first kappa shape index (κ1) is 31.0. The van der Waals surface area contributed by atoms with Gasteiger partial charge >= 0.3 is 0 Å². The molecule has 3 heteroatoms. The Labute approximate surface area is 303 Å². The van der Waals surface area contributed by atoms with Crippen molar-refractivity contribution in [1.82, 2.24) is 4.98 Å². The molecule has 0 fully saturated rings. The van der Waals surface area contributed by atoms with E-state index in [-0.39, 0.29) is 0 Å². The summed E-state index contributed by atoms with van der Waals surface area (Å²) in [5.74, 6) is 1.69. The zero-order valence-electron chi connectivity index (χ0n) is 28.3. The van der Waals surface area contributed by atoms with Crippen molar-refractivity contribution in [3.8, 4) is 62.3 Å². The van der Waals surface area contributed by atoms with Crippen LogP contribution in [0, 0.1) is 11.3 Å². The number of nitrogens with zero attached hydrogens (tertiary/aromatic N) is 2. The second-order valence-electron chi connectivity index (χ2n) is 13.1. The summed E-state index contributed by atoms with van der Waals surface area (Å²) in [7, 11) is 0. The molecule has 0 amide bonds. The van der Waals surface area contributed by atoms with E-state index in [9.17, 15) is 5.26 Å². The van der Waals surface area contributed by atoms with Gasteiger partial charge in [0.15, 0.2) is 0 Å². The standard InChI is InChI=1S/C49H32N2O/c50-33-34-23-25-35(26-24-34)40-30-45(36-13-4-1-5-14-36)51-46(31-40)39-16-12-15-37(29-39)38-27-28-44-48(32-38)52-47-22-11-10-21-43(47)49(44,41-17-6-2-7-18-41)42-19-8-3-9-20-42/h1-32H. The van der Waals surface area contributed by atoms with E-state index in [0.29, 0.717) is 5.56 Å². The molecule has 52 heavy (non-hydrogen) atoms. The van der Waals surface area contributed by atoms with Crippen LogP contribution in [0.2, 0.25) is 0 Å². The lowest BCUT2D eigenvalue weighted by Crippen LogP contribution is -2.34. The first-order valence-electron chi connectivity index (χ1n) is 17.4.